The summed E-state index contributed by atoms with van der Waals surface area (Å²) in [5, 5.41) is 5.99. The summed E-state index contributed by atoms with van der Waals surface area (Å²) in [4.78, 5) is 23.6. The highest BCUT2D eigenvalue weighted by Crippen LogP contribution is 2.30. The Balaban J connectivity index is 2.51. The van der Waals surface area contributed by atoms with Gasteiger partial charge < -0.3 is 10.6 Å². The monoisotopic (exact) mass is 324 g/mol. The molecule has 0 aromatic heterocycles. The van der Waals surface area contributed by atoms with Crippen molar-refractivity contribution < 1.29 is 9.59 Å². The third-order valence-electron chi connectivity index (χ3n) is 3.85. The van der Waals surface area contributed by atoms with Crippen molar-refractivity contribution in [3.05, 3.63) is 70.8 Å². The molecule has 0 unspecified atom stereocenters. The second kappa shape index (κ2) is 7.77. The van der Waals surface area contributed by atoms with Crippen molar-refractivity contribution in [1.29, 1.82) is 0 Å². The minimum atomic E-state index is -0.340. The first-order chi connectivity index (χ1) is 11.4. The van der Waals surface area contributed by atoms with Crippen LogP contribution in [0, 0.1) is 13.8 Å². The molecule has 0 spiro atoms. The van der Waals surface area contributed by atoms with Crippen LogP contribution in [-0.2, 0) is 9.59 Å². The van der Waals surface area contributed by atoms with Gasteiger partial charge in [-0.15, -0.1) is 0 Å². The lowest BCUT2D eigenvalue weighted by Crippen LogP contribution is -2.39. The molecule has 0 aliphatic rings. The molecule has 0 fully saturated rings. The molecule has 0 aliphatic heterocycles. The zero-order valence-corrected chi connectivity index (χ0v) is 14.6. The van der Waals surface area contributed by atoms with Crippen molar-refractivity contribution in [3.63, 3.8) is 0 Å². The summed E-state index contributed by atoms with van der Waals surface area (Å²) < 4.78 is 0. The second-order valence-corrected chi connectivity index (χ2v) is 6.18. The summed E-state index contributed by atoms with van der Waals surface area (Å²) in [6.07, 6.45) is 0. The Morgan fingerprint density at radius 2 is 1.12 bits per heavy atom. The van der Waals surface area contributed by atoms with Gasteiger partial charge in [-0.3, -0.25) is 9.59 Å². The van der Waals surface area contributed by atoms with Gasteiger partial charge in [0.25, 0.3) is 0 Å². The smallest absolute Gasteiger partial charge is 0.217 e. The molecule has 2 aromatic rings. The van der Waals surface area contributed by atoms with Crippen molar-refractivity contribution in [2.75, 3.05) is 0 Å². The molecular weight excluding hydrogens is 300 g/mol. The van der Waals surface area contributed by atoms with Crippen LogP contribution in [0.25, 0.3) is 0 Å². The predicted molar refractivity (Wildman–Crippen MR) is 95.5 cm³/mol. The van der Waals surface area contributed by atoms with Crippen molar-refractivity contribution in [2.24, 2.45) is 0 Å². The van der Waals surface area contributed by atoms with Crippen LogP contribution in [0.3, 0.4) is 0 Å². The average Bonchev–Trinajstić information content (AvgIpc) is 2.50. The van der Waals surface area contributed by atoms with E-state index in [1.54, 1.807) is 0 Å². The Labute approximate surface area is 143 Å². The molecule has 0 saturated carbocycles. The number of aryl methyl sites for hydroxylation is 2. The van der Waals surface area contributed by atoms with Crippen molar-refractivity contribution >= 4 is 11.8 Å². The van der Waals surface area contributed by atoms with Crippen LogP contribution in [0.2, 0.25) is 0 Å². The zero-order chi connectivity index (χ0) is 17.7. The van der Waals surface area contributed by atoms with E-state index in [1.807, 2.05) is 62.4 Å². The molecule has 2 amide bonds. The fraction of sp³-hybridized carbons (Fsp3) is 0.300. The van der Waals surface area contributed by atoms with Crippen LogP contribution in [-0.4, -0.2) is 11.8 Å². The molecule has 24 heavy (non-hydrogen) atoms. The summed E-state index contributed by atoms with van der Waals surface area (Å²) in [6.45, 7) is 7.00. The molecule has 2 aromatic carbocycles. The highest BCUT2D eigenvalue weighted by Gasteiger charge is 2.26. The van der Waals surface area contributed by atoms with Gasteiger partial charge in [0.05, 0.1) is 12.1 Å². The van der Waals surface area contributed by atoms with Gasteiger partial charge >= 0.3 is 0 Å². The molecular formula is C20H24N2O2. The maximum atomic E-state index is 11.8. The third kappa shape index (κ3) is 4.69. The van der Waals surface area contributed by atoms with Gasteiger partial charge in [0.15, 0.2) is 0 Å². The standard InChI is InChI=1S/C20H24N2O2/c1-13-7-5-9-17(11-13)19(21-15(3)23)20(22-16(4)24)18-10-6-8-14(2)12-18/h5-12,19-20H,1-4H3,(H,21,23)(H,22,24)/t19-,20-/m1/s1. The number of hydrogen-bond donors (Lipinski definition) is 2. The topological polar surface area (TPSA) is 58.2 Å². The summed E-state index contributed by atoms with van der Waals surface area (Å²) in [6, 6.07) is 15.3. The molecule has 0 radical (unpaired) electrons. The van der Waals surface area contributed by atoms with Gasteiger partial charge in [-0.05, 0) is 25.0 Å². The van der Waals surface area contributed by atoms with E-state index in [9.17, 15) is 9.59 Å². The van der Waals surface area contributed by atoms with Crippen LogP contribution in [0.4, 0.5) is 0 Å². The largest absolute Gasteiger partial charge is 0.347 e. The van der Waals surface area contributed by atoms with E-state index in [1.165, 1.54) is 13.8 Å². The first-order valence-electron chi connectivity index (χ1n) is 8.04. The van der Waals surface area contributed by atoms with Gasteiger partial charge in [0.2, 0.25) is 11.8 Å². The highest BCUT2D eigenvalue weighted by molar-refractivity contribution is 5.75. The number of benzene rings is 2. The molecule has 4 heteroatoms. The highest BCUT2D eigenvalue weighted by atomic mass is 16.2. The minimum Gasteiger partial charge on any atom is -0.347 e. The summed E-state index contributed by atoms with van der Waals surface area (Å²) >= 11 is 0. The number of rotatable bonds is 5. The first kappa shape index (κ1) is 17.7. The quantitative estimate of drug-likeness (QED) is 0.886. The molecule has 2 N–H and O–H groups in total. The van der Waals surface area contributed by atoms with Crippen LogP contribution in [0.1, 0.15) is 48.2 Å². The minimum absolute atomic E-state index is 0.135. The van der Waals surface area contributed by atoms with Crippen LogP contribution >= 0.6 is 0 Å². The third-order valence-corrected chi connectivity index (χ3v) is 3.85. The summed E-state index contributed by atoms with van der Waals surface area (Å²) in [7, 11) is 0. The van der Waals surface area contributed by atoms with Crippen molar-refractivity contribution in [3.8, 4) is 0 Å². The predicted octanol–water partition coefficient (Wildman–Crippen LogP) is 3.36. The van der Waals surface area contributed by atoms with E-state index >= 15 is 0 Å². The lowest BCUT2D eigenvalue weighted by molar-refractivity contribution is -0.122. The number of amides is 2. The maximum Gasteiger partial charge on any atom is 0.217 e. The number of carbonyl (C=O) groups is 2. The van der Waals surface area contributed by atoms with Gasteiger partial charge in [0.1, 0.15) is 0 Å². The van der Waals surface area contributed by atoms with Crippen molar-refractivity contribution in [1.82, 2.24) is 10.6 Å². The Morgan fingerprint density at radius 3 is 1.42 bits per heavy atom. The fourth-order valence-electron chi connectivity index (χ4n) is 2.88. The van der Waals surface area contributed by atoms with E-state index < -0.39 is 0 Å². The van der Waals surface area contributed by atoms with Crippen LogP contribution in [0.5, 0.6) is 0 Å². The van der Waals surface area contributed by atoms with Crippen LogP contribution in [0.15, 0.2) is 48.5 Å². The summed E-state index contributed by atoms with van der Waals surface area (Å²) in [5.41, 5.74) is 4.14. The lowest BCUT2D eigenvalue weighted by atomic mass is 9.91. The number of nitrogens with one attached hydrogen (secondary N) is 2. The van der Waals surface area contributed by atoms with E-state index in [4.69, 9.17) is 0 Å². The van der Waals surface area contributed by atoms with E-state index in [2.05, 4.69) is 10.6 Å². The zero-order valence-electron chi connectivity index (χ0n) is 14.6. The molecule has 0 bridgehead atoms. The van der Waals surface area contributed by atoms with Gasteiger partial charge in [-0.25, -0.2) is 0 Å². The maximum absolute atomic E-state index is 11.8. The van der Waals surface area contributed by atoms with E-state index in [-0.39, 0.29) is 23.9 Å². The average molecular weight is 324 g/mol. The lowest BCUT2D eigenvalue weighted by Gasteiger charge is -2.29. The molecule has 0 heterocycles. The van der Waals surface area contributed by atoms with Crippen molar-refractivity contribution in [2.45, 2.75) is 39.8 Å². The molecule has 2 rings (SSSR count). The van der Waals surface area contributed by atoms with Crippen LogP contribution < -0.4 is 10.6 Å². The normalized spacial score (nSPS) is 13.0. The van der Waals surface area contributed by atoms with Gasteiger partial charge in [0, 0.05) is 13.8 Å². The molecule has 0 saturated heterocycles. The second-order valence-electron chi connectivity index (χ2n) is 6.18. The van der Waals surface area contributed by atoms with E-state index in [0.717, 1.165) is 22.3 Å². The summed E-state index contributed by atoms with van der Waals surface area (Å²) in [5.74, 6) is -0.269. The molecule has 4 nitrogen and oxygen atoms in total. The number of carbonyl (C=O) groups excluding carboxylic acids is 2. The number of hydrogen-bond acceptors (Lipinski definition) is 2. The molecule has 2 atom stereocenters. The molecule has 126 valence electrons. The Morgan fingerprint density at radius 1 is 0.750 bits per heavy atom. The first-order valence-corrected chi connectivity index (χ1v) is 8.04. The SMILES string of the molecule is CC(=O)N[C@H](c1cccc(C)c1)[C@H](NC(C)=O)c1cccc(C)c1. The fourth-order valence-corrected chi connectivity index (χ4v) is 2.88. The van der Waals surface area contributed by atoms with Gasteiger partial charge in [-0.1, -0.05) is 59.7 Å². The van der Waals surface area contributed by atoms with E-state index in [0.29, 0.717) is 0 Å². The Hall–Kier alpha value is -2.62. The Bertz CT molecular complexity index is 676. The molecule has 0 aliphatic carbocycles. The van der Waals surface area contributed by atoms with Gasteiger partial charge in [-0.2, -0.15) is 0 Å². The Kier molecular flexibility index (Phi) is 5.74.